The van der Waals surface area contributed by atoms with E-state index in [2.05, 4.69) is 13.8 Å². The van der Waals surface area contributed by atoms with Gasteiger partial charge in [-0.25, -0.2) is 4.39 Å². The minimum atomic E-state index is -0.472. The van der Waals surface area contributed by atoms with Gasteiger partial charge in [-0.2, -0.15) is 0 Å². The molecule has 2 heteroatoms. The molecule has 1 fully saturated rings. The predicted octanol–water partition coefficient (Wildman–Crippen LogP) is 4.52. The zero-order valence-electron chi connectivity index (χ0n) is 12.4. The monoisotopic (exact) mass is 263 g/mol. The van der Waals surface area contributed by atoms with Gasteiger partial charge in [0, 0.05) is 11.1 Å². The Morgan fingerprint density at radius 3 is 2.68 bits per heavy atom. The molecule has 1 saturated carbocycles. The van der Waals surface area contributed by atoms with Gasteiger partial charge >= 0.3 is 0 Å². The third kappa shape index (κ3) is 3.17. The number of benzene rings is 1. The molecule has 2 rings (SSSR count). The standard InChI is InChI=1S/C17H26FN/c1-12(2)14-5-4-9-17(19,10-8-14)15-11-13(3)6-7-16(15)18/h6-7,11-12,14H,4-5,8-10,19H2,1-3H3. The molecule has 0 aromatic heterocycles. The number of hydrogen-bond acceptors (Lipinski definition) is 1. The van der Waals surface area contributed by atoms with Crippen LogP contribution >= 0.6 is 0 Å². The summed E-state index contributed by atoms with van der Waals surface area (Å²) in [5, 5.41) is 0. The van der Waals surface area contributed by atoms with E-state index in [1.807, 2.05) is 19.1 Å². The van der Waals surface area contributed by atoms with E-state index in [0.29, 0.717) is 5.92 Å². The lowest BCUT2D eigenvalue weighted by Crippen LogP contribution is -2.37. The van der Waals surface area contributed by atoms with Gasteiger partial charge in [-0.3, -0.25) is 0 Å². The maximum Gasteiger partial charge on any atom is 0.128 e. The summed E-state index contributed by atoms with van der Waals surface area (Å²) < 4.78 is 14.1. The Labute approximate surface area is 116 Å². The van der Waals surface area contributed by atoms with Crippen molar-refractivity contribution >= 4 is 0 Å². The molecule has 2 unspecified atom stereocenters. The SMILES string of the molecule is Cc1ccc(F)c(C2(N)CCCC(C(C)C)CC2)c1. The van der Waals surface area contributed by atoms with Crippen molar-refractivity contribution in [3.63, 3.8) is 0 Å². The van der Waals surface area contributed by atoms with E-state index in [1.165, 1.54) is 6.42 Å². The molecular formula is C17H26FN. The van der Waals surface area contributed by atoms with Crippen molar-refractivity contribution in [2.75, 3.05) is 0 Å². The number of nitrogens with two attached hydrogens (primary N) is 1. The van der Waals surface area contributed by atoms with Crippen LogP contribution in [-0.2, 0) is 5.54 Å². The van der Waals surface area contributed by atoms with E-state index >= 15 is 0 Å². The van der Waals surface area contributed by atoms with Crippen LogP contribution in [0.1, 0.15) is 57.1 Å². The summed E-state index contributed by atoms with van der Waals surface area (Å²) in [5.74, 6) is 1.29. The second-order valence-electron chi connectivity index (χ2n) is 6.57. The Bertz CT molecular complexity index is 441. The zero-order chi connectivity index (χ0) is 14.0. The topological polar surface area (TPSA) is 26.0 Å². The summed E-state index contributed by atoms with van der Waals surface area (Å²) in [6, 6.07) is 5.31. The number of rotatable bonds is 2. The highest BCUT2D eigenvalue weighted by Crippen LogP contribution is 2.39. The van der Waals surface area contributed by atoms with E-state index in [-0.39, 0.29) is 5.82 Å². The molecule has 0 radical (unpaired) electrons. The van der Waals surface area contributed by atoms with Crippen molar-refractivity contribution in [3.05, 3.63) is 35.1 Å². The molecule has 1 nitrogen and oxygen atoms in total. The van der Waals surface area contributed by atoms with Crippen LogP contribution in [0.3, 0.4) is 0 Å². The molecule has 2 atom stereocenters. The molecule has 2 N–H and O–H groups in total. The Hall–Kier alpha value is -0.890. The highest BCUT2D eigenvalue weighted by molar-refractivity contribution is 5.30. The summed E-state index contributed by atoms with van der Waals surface area (Å²) >= 11 is 0. The first-order valence-corrected chi connectivity index (χ1v) is 7.48. The highest BCUT2D eigenvalue weighted by atomic mass is 19.1. The maximum absolute atomic E-state index is 14.1. The van der Waals surface area contributed by atoms with Gasteiger partial charge in [0.05, 0.1) is 0 Å². The predicted molar refractivity (Wildman–Crippen MR) is 78.4 cm³/mol. The van der Waals surface area contributed by atoms with Gasteiger partial charge in [0.25, 0.3) is 0 Å². The Morgan fingerprint density at radius 1 is 1.26 bits per heavy atom. The minimum Gasteiger partial charge on any atom is -0.321 e. The quantitative estimate of drug-likeness (QED) is 0.780. The van der Waals surface area contributed by atoms with Crippen molar-refractivity contribution in [1.82, 2.24) is 0 Å². The third-order valence-corrected chi connectivity index (χ3v) is 4.76. The van der Waals surface area contributed by atoms with E-state index in [4.69, 9.17) is 5.73 Å². The first-order chi connectivity index (χ1) is 8.92. The molecule has 0 bridgehead atoms. The number of aryl methyl sites for hydroxylation is 1. The first kappa shape index (κ1) is 14.5. The van der Waals surface area contributed by atoms with Crippen molar-refractivity contribution < 1.29 is 4.39 Å². The molecule has 1 aliphatic carbocycles. The Balaban J connectivity index is 2.25. The lowest BCUT2D eigenvalue weighted by molar-refractivity contribution is 0.321. The summed E-state index contributed by atoms with van der Waals surface area (Å²) in [6.45, 7) is 6.56. The summed E-state index contributed by atoms with van der Waals surface area (Å²) in [7, 11) is 0. The molecule has 1 aliphatic rings. The van der Waals surface area contributed by atoms with Gasteiger partial charge in [-0.15, -0.1) is 0 Å². The Kier molecular flexibility index (Phi) is 4.29. The second kappa shape index (κ2) is 5.62. The van der Waals surface area contributed by atoms with Crippen LogP contribution in [0.2, 0.25) is 0 Å². The molecular weight excluding hydrogens is 237 g/mol. The van der Waals surface area contributed by atoms with Gasteiger partial charge in [0.2, 0.25) is 0 Å². The largest absolute Gasteiger partial charge is 0.321 e. The molecule has 106 valence electrons. The van der Waals surface area contributed by atoms with Crippen LogP contribution in [0.15, 0.2) is 18.2 Å². The molecule has 1 aromatic carbocycles. The molecule has 1 aromatic rings. The van der Waals surface area contributed by atoms with Crippen LogP contribution < -0.4 is 5.73 Å². The van der Waals surface area contributed by atoms with Crippen molar-refractivity contribution in [2.24, 2.45) is 17.6 Å². The smallest absolute Gasteiger partial charge is 0.128 e. The lowest BCUT2D eigenvalue weighted by atomic mass is 9.82. The number of halogens is 1. The van der Waals surface area contributed by atoms with Crippen LogP contribution in [0.4, 0.5) is 4.39 Å². The van der Waals surface area contributed by atoms with Crippen molar-refractivity contribution in [2.45, 2.75) is 58.4 Å². The molecule has 19 heavy (non-hydrogen) atoms. The van der Waals surface area contributed by atoms with Gasteiger partial charge < -0.3 is 5.73 Å². The van der Waals surface area contributed by atoms with Gasteiger partial charge in [0.15, 0.2) is 0 Å². The normalized spacial score (nSPS) is 28.4. The minimum absolute atomic E-state index is 0.143. The molecule has 0 aliphatic heterocycles. The average molecular weight is 263 g/mol. The summed E-state index contributed by atoms with van der Waals surface area (Å²) in [5.41, 5.74) is 7.91. The fourth-order valence-corrected chi connectivity index (χ4v) is 3.35. The van der Waals surface area contributed by atoms with Crippen LogP contribution in [-0.4, -0.2) is 0 Å². The first-order valence-electron chi connectivity index (χ1n) is 7.48. The van der Waals surface area contributed by atoms with Crippen LogP contribution in [0.25, 0.3) is 0 Å². The van der Waals surface area contributed by atoms with E-state index in [0.717, 1.165) is 42.7 Å². The van der Waals surface area contributed by atoms with E-state index < -0.39 is 5.54 Å². The van der Waals surface area contributed by atoms with Gasteiger partial charge in [-0.05, 0) is 44.1 Å². The van der Waals surface area contributed by atoms with E-state index in [1.54, 1.807) is 6.07 Å². The van der Waals surface area contributed by atoms with Crippen molar-refractivity contribution in [3.8, 4) is 0 Å². The number of hydrogen-bond donors (Lipinski definition) is 1. The van der Waals surface area contributed by atoms with Gasteiger partial charge in [0.1, 0.15) is 5.82 Å². The lowest BCUT2D eigenvalue weighted by Gasteiger charge is -2.30. The van der Waals surface area contributed by atoms with Crippen molar-refractivity contribution in [1.29, 1.82) is 0 Å². The second-order valence-corrected chi connectivity index (χ2v) is 6.57. The molecule has 0 spiro atoms. The fraction of sp³-hybridized carbons (Fsp3) is 0.647. The maximum atomic E-state index is 14.1. The zero-order valence-corrected chi connectivity index (χ0v) is 12.4. The van der Waals surface area contributed by atoms with Crippen LogP contribution in [0.5, 0.6) is 0 Å². The summed E-state index contributed by atoms with van der Waals surface area (Å²) in [6.07, 6.45) is 5.24. The molecule has 0 heterocycles. The molecule has 0 amide bonds. The Morgan fingerprint density at radius 2 is 2.00 bits per heavy atom. The van der Waals surface area contributed by atoms with Gasteiger partial charge in [-0.1, -0.05) is 44.4 Å². The fourth-order valence-electron chi connectivity index (χ4n) is 3.35. The highest BCUT2D eigenvalue weighted by Gasteiger charge is 2.33. The van der Waals surface area contributed by atoms with Crippen LogP contribution in [0, 0.1) is 24.6 Å². The third-order valence-electron chi connectivity index (χ3n) is 4.76. The van der Waals surface area contributed by atoms with E-state index in [9.17, 15) is 4.39 Å². The average Bonchev–Trinajstić information content (AvgIpc) is 2.55. The summed E-state index contributed by atoms with van der Waals surface area (Å²) in [4.78, 5) is 0. The molecule has 0 saturated heterocycles.